The van der Waals surface area contributed by atoms with Gasteiger partial charge in [-0.1, -0.05) is 49.2 Å². The smallest absolute Gasteiger partial charge is 0.209 e. The number of rotatable bonds is 12. The molecule has 0 aliphatic carbocycles. The number of benzene rings is 2. The molecular formula is C22H26Cl3NO6S. The van der Waals surface area contributed by atoms with E-state index in [1.165, 1.54) is 0 Å². The van der Waals surface area contributed by atoms with Crippen molar-refractivity contribution in [2.24, 2.45) is 0 Å². The van der Waals surface area contributed by atoms with Crippen LogP contribution in [0.5, 0.6) is 11.5 Å². The summed E-state index contributed by atoms with van der Waals surface area (Å²) in [6.07, 6.45) is 0.149. The molecule has 0 amide bonds. The Morgan fingerprint density at radius 3 is 2.18 bits per heavy atom. The summed E-state index contributed by atoms with van der Waals surface area (Å²) >= 11 is 18.4. The van der Waals surface area contributed by atoms with Crippen LogP contribution in [0.1, 0.15) is 25.0 Å². The number of hydrogen-bond acceptors (Lipinski definition) is 6. The minimum absolute atomic E-state index is 0.0278. The first kappa shape index (κ1) is 27.7. The molecule has 2 rings (SSSR count). The highest BCUT2D eigenvalue weighted by atomic mass is 35.5. The van der Waals surface area contributed by atoms with Gasteiger partial charge >= 0.3 is 0 Å². The molecule has 0 fully saturated rings. The number of carbonyl (C=O) groups excluding carboxylic acids is 1. The van der Waals surface area contributed by atoms with Crippen LogP contribution in [0, 0.1) is 0 Å². The number of nitrogens with one attached hydrogen (secondary N) is 1. The molecule has 0 saturated heterocycles. The Morgan fingerprint density at radius 2 is 1.67 bits per heavy atom. The fourth-order valence-corrected chi connectivity index (χ4v) is 3.95. The molecule has 0 heterocycles. The van der Waals surface area contributed by atoms with Gasteiger partial charge in [-0.2, -0.15) is 0 Å². The minimum Gasteiger partial charge on any atom is -0.488 e. The number of ketones is 1. The van der Waals surface area contributed by atoms with E-state index in [1.807, 2.05) is 26.0 Å². The molecule has 2 N–H and O–H groups in total. The Balaban J connectivity index is 2.09. The third kappa shape index (κ3) is 8.31. The van der Waals surface area contributed by atoms with Crippen LogP contribution in [0.15, 0.2) is 36.4 Å². The molecule has 33 heavy (non-hydrogen) atoms. The Labute approximate surface area is 209 Å². The van der Waals surface area contributed by atoms with Crippen LogP contribution in [0.4, 0.5) is 0 Å². The second-order valence-electron chi connectivity index (χ2n) is 7.96. The van der Waals surface area contributed by atoms with Crippen LogP contribution in [-0.4, -0.2) is 57.3 Å². The van der Waals surface area contributed by atoms with Crippen molar-refractivity contribution < 1.29 is 27.8 Å². The number of carbonyl (C=O) groups is 1. The highest BCUT2D eigenvalue weighted by Crippen LogP contribution is 2.40. The van der Waals surface area contributed by atoms with Crippen molar-refractivity contribution in [1.82, 2.24) is 4.72 Å². The van der Waals surface area contributed by atoms with Gasteiger partial charge in [0.1, 0.15) is 25.1 Å². The number of aliphatic hydroxyl groups is 1. The summed E-state index contributed by atoms with van der Waals surface area (Å²) in [5.41, 5.74) is 1.31. The molecule has 2 aromatic carbocycles. The van der Waals surface area contributed by atoms with Crippen molar-refractivity contribution in [2.75, 3.05) is 31.9 Å². The molecule has 0 spiro atoms. The lowest BCUT2D eigenvalue weighted by Gasteiger charge is -2.27. The van der Waals surface area contributed by atoms with Crippen molar-refractivity contribution >= 4 is 50.6 Å². The van der Waals surface area contributed by atoms with E-state index in [2.05, 4.69) is 4.72 Å². The van der Waals surface area contributed by atoms with E-state index in [-0.39, 0.29) is 31.4 Å². The molecule has 0 unspecified atom stereocenters. The molecule has 182 valence electrons. The normalized spacial score (nSPS) is 12.9. The van der Waals surface area contributed by atoms with Crippen molar-refractivity contribution in [1.29, 1.82) is 0 Å². The largest absolute Gasteiger partial charge is 0.488 e. The van der Waals surface area contributed by atoms with Crippen LogP contribution in [0.25, 0.3) is 0 Å². The Bertz CT molecular complexity index is 1050. The van der Waals surface area contributed by atoms with Gasteiger partial charge in [-0.3, -0.25) is 4.79 Å². The lowest BCUT2D eigenvalue weighted by Crippen LogP contribution is -2.31. The second-order valence-corrected chi connectivity index (χ2v) is 10.9. The molecule has 0 saturated carbocycles. The van der Waals surface area contributed by atoms with Gasteiger partial charge in [-0.25, -0.2) is 13.1 Å². The van der Waals surface area contributed by atoms with Crippen molar-refractivity contribution in [2.45, 2.75) is 25.4 Å². The first-order valence-electron chi connectivity index (χ1n) is 9.89. The van der Waals surface area contributed by atoms with Crippen LogP contribution >= 0.6 is 34.8 Å². The molecule has 0 aliphatic heterocycles. The van der Waals surface area contributed by atoms with Gasteiger partial charge in [-0.15, -0.1) is 11.6 Å². The van der Waals surface area contributed by atoms with Gasteiger partial charge in [0.15, 0.2) is 11.5 Å². The van der Waals surface area contributed by atoms with E-state index in [0.717, 1.165) is 17.4 Å². The average Bonchev–Trinajstić information content (AvgIpc) is 2.75. The fraction of sp³-hybridized carbons (Fsp3) is 0.409. The molecule has 0 aliphatic rings. The second kappa shape index (κ2) is 11.7. The van der Waals surface area contributed by atoms with Gasteiger partial charge in [0.2, 0.25) is 10.0 Å². The van der Waals surface area contributed by atoms with Crippen LogP contribution in [-0.2, 0) is 20.2 Å². The third-order valence-corrected chi connectivity index (χ3v) is 6.41. The van der Waals surface area contributed by atoms with Gasteiger partial charge in [0.05, 0.1) is 28.7 Å². The number of ether oxygens (including phenoxy) is 2. The number of aliphatic hydroxyl groups excluding tert-OH is 1. The Morgan fingerprint density at radius 1 is 1.09 bits per heavy atom. The van der Waals surface area contributed by atoms with E-state index < -0.39 is 27.3 Å². The Hall–Kier alpha value is -1.55. The molecule has 1 atom stereocenters. The molecule has 0 radical (unpaired) electrons. The molecule has 2 aromatic rings. The van der Waals surface area contributed by atoms with E-state index in [9.17, 15) is 18.3 Å². The number of Topliss-reactive ketones (excluding diaryl/α,β-unsaturated/α-hetero) is 1. The predicted octanol–water partition coefficient (Wildman–Crippen LogP) is 3.79. The van der Waals surface area contributed by atoms with Gasteiger partial charge in [0, 0.05) is 5.41 Å². The maximum Gasteiger partial charge on any atom is 0.209 e. The maximum absolute atomic E-state index is 11.8. The van der Waals surface area contributed by atoms with Gasteiger partial charge < -0.3 is 14.6 Å². The quantitative estimate of drug-likeness (QED) is 0.399. The lowest BCUT2D eigenvalue weighted by molar-refractivity contribution is -0.119. The zero-order chi connectivity index (χ0) is 24.8. The molecule has 7 nitrogen and oxygen atoms in total. The maximum atomic E-state index is 11.8. The topological polar surface area (TPSA) is 102 Å². The summed E-state index contributed by atoms with van der Waals surface area (Å²) in [6.45, 7) is 3.40. The molecule has 0 bridgehead atoms. The SMILES string of the molecule is CC(C)(c1ccc(OCC(=O)CNS(C)(=O)=O)cc1)c1cc(Cl)c(OC[C@H](O)CCl)c(Cl)c1. The lowest BCUT2D eigenvalue weighted by atomic mass is 9.78. The zero-order valence-corrected chi connectivity index (χ0v) is 21.5. The van der Waals surface area contributed by atoms with Crippen LogP contribution in [0.3, 0.4) is 0 Å². The fourth-order valence-electron chi connectivity index (χ4n) is 2.84. The molecule has 0 aromatic heterocycles. The monoisotopic (exact) mass is 537 g/mol. The Kier molecular flexibility index (Phi) is 9.84. The summed E-state index contributed by atoms with van der Waals surface area (Å²) in [5, 5.41) is 10.2. The number of halogens is 3. The first-order valence-corrected chi connectivity index (χ1v) is 13.1. The minimum atomic E-state index is -3.44. The van der Waals surface area contributed by atoms with E-state index >= 15 is 0 Å². The van der Waals surface area contributed by atoms with Crippen molar-refractivity contribution in [3.05, 3.63) is 57.6 Å². The van der Waals surface area contributed by atoms with Crippen LogP contribution < -0.4 is 14.2 Å². The predicted molar refractivity (Wildman–Crippen MR) is 131 cm³/mol. The standard InChI is InChI=1S/C22H26Cl3NO6S/c1-22(2,15-8-19(24)21(20(25)9-15)32-12-16(27)10-23)14-4-6-18(7-5-14)31-13-17(28)11-26-33(3,29)30/h4-9,16,26-27H,10-13H2,1-3H3/t16-/m1/s1. The molecular weight excluding hydrogens is 513 g/mol. The highest BCUT2D eigenvalue weighted by molar-refractivity contribution is 7.88. The first-order chi connectivity index (χ1) is 15.3. The molecule has 11 heteroatoms. The van der Waals surface area contributed by atoms with Gasteiger partial charge in [0.25, 0.3) is 0 Å². The van der Waals surface area contributed by atoms with Crippen LogP contribution in [0.2, 0.25) is 10.0 Å². The number of sulfonamides is 1. The summed E-state index contributed by atoms with van der Waals surface area (Å²) in [6, 6.07) is 10.7. The van der Waals surface area contributed by atoms with Gasteiger partial charge in [-0.05, 0) is 35.4 Å². The summed E-state index contributed by atoms with van der Waals surface area (Å²) < 4.78 is 35.2. The van der Waals surface area contributed by atoms with E-state index in [1.54, 1.807) is 24.3 Å². The summed E-state index contributed by atoms with van der Waals surface area (Å²) in [7, 11) is -3.44. The van der Waals surface area contributed by atoms with E-state index in [4.69, 9.17) is 44.3 Å². The third-order valence-electron chi connectivity index (χ3n) is 4.83. The summed E-state index contributed by atoms with van der Waals surface area (Å²) in [4.78, 5) is 11.8. The van der Waals surface area contributed by atoms with E-state index in [0.29, 0.717) is 15.8 Å². The summed E-state index contributed by atoms with van der Waals surface area (Å²) in [5.74, 6) is 0.391. The average molecular weight is 539 g/mol. The zero-order valence-electron chi connectivity index (χ0n) is 18.4. The highest BCUT2D eigenvalue weighted by Gasteiger charge is 2.26. The number of hydrogen-bond donors (Lipinski definition) is 2. The number of alkyl halides is 1. The van der Waals surface area contributed by atoms with Crippen molar-refractivity contribution in [3.8, 4) is 11.5 Å². The van der Waals surface area contributed by atoms with Crippen molar-refractivity contribution in [3.63, 3.8) is 0 Å².